The zero-order chi connectivity index (χ0) is 35.5. The monoisotopic (exact) mass is 687 g/mol. The number of aromatic nitrogens is 1. The van der Waals surface area contributed by atoms with Crippen LogP contribution in [0.1, 0.15) is 11.1 Å². The lowest BCUT2D eigenvalue weighted by Gasteiger charge is -2.29. The SMILES string of the molecule is Cc1c(N(COc2c(C3=CC4C=CC=CC4C=C3)cc3oc4ccccc4c3c2N)c2ccccc2)ccc2c3ccccc3n(-c3ccccc3)c12. The lowest BCUT2D eigenvalue weighted by atomic mass is 9.81. The normalized spacial score (nSPS) is 16.4. The Morgan fingerprint density at radius 3 is 2.26 bits per heavy atom. The number of furan rings is 1. The maximum atomic E-state index is 7.18. The van der Waals surface area contributed by atoms with Crippen LogP contribution in [-0.4, -0.2) is 11.3 Å². The van der Waals surface area contributed by atoms with Crippen molar-refractivity contribution in [2.45, 2.75) is 6.92 Å². The summed E-state index contributed by atoms with van der Waals surface area (Å²) in [4.78, 5) is 2.25. The Bertz CT molecular complexity index is 2820. The third-order valence-electron chi connectivity index (χ3n) is 10.8. The lowest BCUT2D eigenvalue weighted by molar-refractivity contribution is 0.328. The maximum Gasteiger partial charge on any atom is 0.165 e. The fraction of sp³-hybridized carbons (Fsp3) is 0.0833. The number of aryl methyl sites for hydroxylation is 1. The van der Waals surface area contributed by atoms with Crippen LogP contribution in [0.4, 0.5) is 17.1 Å². The minimum atomic E-state index is 0.228. The number of anilines is 3. The molecule has 2 aliphatic rings. The third kappa shape index (κ3) is 5.07. The second kappa shape index (κ2) is 12.5. The molecule has 6 aromatic carbocycles. The number of nitrogens with zero attached hydrogens (tertiary/aromatic N) is 2. The number of nitrogens with two attached hydrogens (primary N) is 1. The number of para-hydroxylation sites is 4. The molecule has 0 saturated heterocycles. The molecule has 2 aromatic heterocycles. The molecule has 0 aliphatic heterocycles. The fourth-order valence-electron chi connectivity index (χ4n) is 8.30. The highest BCUT2D eigenvalue weighted by atomic mass is 16.5. The molecule has 0 saturated carbocycles. The smallest absolute Gasteiger partial charge is 0.165 e. The Morgan fingerprint density at radius 1 is 0.717 bits per heavy atom. The van der Waals surface area contributed by atoms with Crippen LogP contribution in [0, 0.1) is 18.8 Å². The number of fused-ring (bicyclic) bond motifs is 7. The lowest BCUT2D eigenvalue weighted by Crippen LogP contribution is -2.24. The predicted molar refractivity (Wildman–Crippen MR) is 220 cm³/mol. The molecule has 2 atom stereocenters. The van der Waals surface area contributed by atoms with Crippen LogP contribution in [-0.2, 0) is 0 Å². The van der Waals surface area contributed by atoms with Crippen molar-refractivity contribution in [1.29, 1.82) is 0 Å². The van der Waals surface area contributed by atoms with Gasteiger partial charge in [-0.05, 0) is 66.6 Å². The maximum absolute atomic E-state index is 7.18. The molecule has 5 heteroatoms. The average molecular weight is 688 g/mol. The Hall–Kier alpha value is -6.72. The molecule has 2 unspecified atom stereocenters. The van der Waals surface area contributed by atoms with Gasteiger partial charge in [0.2, 0.25) is 0 Å². The molecule has 0 amide bonds. The number of hydrogen-bond acceptors (Lipinski definition) is 4. The van der Waals surface area contributed by atoms with E-state index in [0.717, 1.165) is 55.7 Å². The molecular formula is C48H37N3O2. The number of nitrogen functional groups attached to an aromatic ring is 1. The van der Waals surface area contributed by atoms with E-state index >= 15 is 0 Å². The van der Waals surface area contributed by atoms with Gasteiger partial charge in [-0.2, -0.15) is 0 Å². The summed E-state index contributed by atoms with van der Waals surface area (Å²) in [5.41, 5.74) is 18.0. The van der Waals surface area contributed by atoms with Crippen LogP contribution in [0.15, 0.2) is 174 Å². The largest absolute Gasteiger partial charge is 0.470 e. The van der Waals surface area contributed by atoms with Crippen LogP contribution >= 0.6 is 0 Å². The van der Waals surface area contributed by atoms with Gasteiger partial charge < -0.3 is 24.4 Å². The first-order valence-electron chi connectivity index (χ1n) is 18.2. The van der Waals surface area contributed by atoms with Gasteiger partial charge in [0.25, 0.3) is 0 Å². The van der Waals surface area contributed by atoms with Gasteiger partial charge in [0.15, 0.2) is 12.5 Å². The Morgan fingerprint density at radius 2 is 1.43 bits per heavy atom. The van der Waals surface area contributed by atoms with E-state index in [0.29, 0.717) is 17.4 Å². The summed E-state index contributed by atoms with van der Waals surface area (Å²) in [7, 11) is 0. The van der Waals surface area contributed by atoms with E-state index in [4.69, 9.17) is 14.9 Å². The second-order valence-electron chi connectivity index (χ2n) is 13.9. The topological polar surface area (TPSA) is 56.6 Å². The average Bonchev–Trinajstić information content (AvgIpc) is 3.76. The molecule has 0 radical (unpaired) electrons. The van der Waals surface area contributed by atoms with E-state index in [-0.39, 0.29) is 12.6 Å². The highest BCUT2D eigenvalue weighted by Gasteiger charge is 2.26. The summed E-state index contributed by atoms with van der Waals surface area (Å²) in [5, 5.41) is 4.28. The summed E-state index contributed by atoms with van der Waals surface area (Å²) < 4.78 is 15.8. The molecule has 53 heavy (non-hydrogen) atoms. The molecule has 2 N–H and O–H groups in total. The second-order valence-corrected chi connectivity index (χ2v) is 13.9. The quantitative estimate of drug-likeness (QED) is 0.134. The van der Waals surface area contributed by atoms with Crippen LogP contribution in [0.3, 0.4) is 0 Å². The minimum Gasteiger partial charge on any atom is -0.470 e. The summed E-state index contributed by atoms with van der Waals surface area (Å²) in [6, 6.07) is 44.3. The van der Waals surface area contributed by atoms with Crippen LogP contribution in [0.25, 0.3) is 55.0 Å². The molecule has 256 valence electrons. The first-order chi connectivity index (χ1) is 26.1. The van der Waals surface area contributed by atoms with Crippen molar-refractivity contribution in [2.75, 3.05) is 17.4 Å². The van der Waals surface area contributed by atoms with Crippen molar-refractivity contribution in [3.05, 3.63) is 181 Å². The van der Waals surface area contributed by atoms with E-state index in [1.165, 1.54) is 21.8 Å². The van der Waals surface area contributed by atoms with E-state index in [1.54, 1.807) is 0 Å². The van der Waals surface area contributed by atoms with Crippen molar-refractivity contribution in [3.8, 4) is 11.4 Å². The Labute approximate surface area is 307 Å². The molecule has 0 bridgehead atoms. The molecular weight excluding hydrogens is 651 g/mol. The van der Waals surface area contributed by atoms with Gasteiger partial charge in [0.1, 0.15) is 11.2 Å². The molecule has 5 nitrogen and oxygen atoms in total. The zero-order valence-electron chi connectivity index (χ0n) is 29.3. The number of ether oxygens (including phenoxy) is 1. The van der Waals surface area contributed by atoms with Crippen LogP contribution in [0.2, 0.25) is 0 Å². The summed E-state index contributed by atoms with van der Waals surface area (Å²) in [6.07, 6.45) is 15.5. The zero-order valence-corrected chi connectivity index (χ0v) is 29.3. The highest BCUT2D eigenvalue weighted by Crippen LogP contribution is 2.46. The van der Waals surface area contributed by atoms with Gasteiger partial charge in [-0.15, -0.1) is 0 Å². The summed E-state index contributed by atoms with van der Waals surface area (Å²) in [5.74, 6) is 1.23. The van der Waals surface area contributed by atoms with Crippen molar-refractivity contribution in [2.24, 2.45) is 11.8 Å². The van der Waals surface area contributed by atoms with Crippen molar-refractivity contribution < 1.29 is 9.15 Å². The van der Waals surface area contributed by atoms with E-state index in [1.807, 2.05) is 24.3 Å². The number of rotatable bonds is 7. The van der Waals surface area contributed by atoms with Gasteiger partial charge in [-0.1, -0.05) is 121 Å². The summed E-state index contributed by atoms with van der Waals surface area (Å²) >= 11 is 0. The number of hydrogen-bond donors (Lipinski definition) is 1. The molecule has 0 fully saturated rings. The Balaban J connectivity index is 1.14. The molecule has 10 rings (SSSR count). The van der Waals surface area contributed by atoms with Gasteiger partial charge in [0.05, 0.1) is 22.1 Å². The third-order valence-corrected chi connectivity index (χ3v) is 10.8. The first-order valence-corrected chi connectivity index (χ1v) is 18.2. The highest BCUT2D eigenvalue weighted by molar-refractivity contribution is 6.14. The van der Waals surface area contributed by atoms with Gasteiger partial charge >= 0.3 is 0 Å². The first kappa shape index (κ1) is 31.1. The van der Waals surface area contributed by atoms with Crippen molar-refractivity contribution in [3.63, 3.8) is 0 Å². The number of benzene rings is 6. The summed E-state index contributed by atoms with van der Waals surface area (Å²) in [6.45, 7) is 2.45. The molecule has 2 heterocycles. The van der Waals surface area contributed by atoms with Crippen LogP contribution < -0.4 is 15.4 Å². The van der Waals surface area contributed by atoms with Gasteiger partial charge in [0, 0.05) is 50.6 Å². The number of allylic oxidation sites excluding steroid dienone is 8. The molecule has 0 spiro atoms. The molecule has 2 aliphatic carbocycles. The van der Waals surface area contributed by atoms with E-state index in [2.05, 4.69) is 162 Å². The minimum absolute atomic E-state index is 0.228. The van der Waals surface area contributed by atoms with Crippen molar-refractivity contribution >= 4 is 66.4 Å². The van der Waals surface area contributed by atoms with Gasteiger partial charge in [-0.3, -0.25) is 0 Å². The Kier molecular flexibility index (Phi) is 7.32. The van der Waals surface area contributed by atoms with E-state index < -0.39 is 0 Å². The van der Waals surface area contributed by atoms with E-state index in [9.17, 15) is 0 Å². The standard InChI is InChI=1S/C48H37N3O2/c1-31-41(27-26-38-37-20-10-12-22-42(37)51(47(31)38)36-18-6-3-7-19-36)50(35-16-4-2-5-17-35)30-52-48-40(34-25-24-32-14-8-9-15-33(32)28-34)29-44-45(46(48)49)39-21-11-13-23-43(39)53-44/h2-29,32-33H,30,49H2,1H3. The predicted octanol–water partition coefficient (Wildman–Crippen LogP) is 12.1. The van der Waals surface area contributed by atoms with Crippen LogP contribution in [0.5, 0.6) is 5.75 Å². The van der Waals surface area contributed by atoms with Crippen molar-refractivity contribution in [1.82, 2.24) is 4.57 Å². The fourth-order valence-corrected chi connectivity index (χ4v) is 8.30. The molecule has 8 aromatic rings. The van der Waals surface area contributed by atoms with Gasteiger partial charge in [-0.25, -0.2) is 0 Å².